The van der Waals surface area contributed by atoms with Crippen LogP contribution in [0.15, 0.2) is 96.7 Å². The average Bonchev–Trinajstić information content (AvgIpc) is 3.23. The lowest BCUT2D eigenvalue weighted by Gasteiger charge is -2.27. The van der Waals surface area contributed by atoms with Gasteiger partial charge in [0.1, 0.15) is 0 Å². The van der Waals surface area contributed by atoms with Crippen molar-refractivity contribution in [3.8, 4) is 0 Å². The van der Waals surface area contributed by atoms with Crippen LogP contribution in [0.3, 0.4) is 0 Å². The Kier molecular flexibility index (Phi) is 5.99. The van der Waals surface area contributed by atoms with E-state index in [4.69, 9.17) is 0 Å². The van der Waals surface area contributed by atoms with E-state index in [9.17, 15) is 0 Å². The standard InChI is InChI=1S/C27H30N4/c1-29(2)24-16-11-21(12-17-24)10-15-23-20-27(22-13-18-25(19-14-22)30(3)4)31(28-23)26-8-6-5-7-9-26/h5-20,27-28H,1-4H3/b15-10+/t27-/m1/s1. The predicted octanol–water partition coefficient (Wildman–Crippen LogP) is 5.48. The van der Waals surface area contributed by atoms with Crippen LogP contribution in [0.25, 0.3) is 6.08 Å². The van der Waals surface area contributed by atoms with E-state index in [1.54, 1.807) is 0 Å². The lowest BCUT2D eigenvalue weighted by molar-refractivity contribution is 0.709. The number of rotatable bonds is 6. The fourth-order valence-electron chi connectivity index (χ4n) is 3.68. The molecular formula is C27H30N4. The summed E-state index contributed by atoms with van der Waals surface area (Å²) in [7, 11) is 8.25. The fourth-order valence-corrected chi connectivity index (χ4v) is 3.68. The summed E-state index contributed by atoms with van der Waals surface area (Å²) in [4.78, 5) is 4.23. The maximum Gasteiger partial charge on any atom is 0.0958 e. The van der Waals surface area contributed by atoms with Crippen molar-refractivity contribution in [2.75, 3.05) is 43.0 Å². The minimum absolute atomic E-state index is 0.120. The molecule has 1 heterocycles. The molecule has 0 saturated heterocycles. The van der Waals surface area contributed by atoms with Gasteiger partial charge in [-0.1, -0.05) is 48.5 Å². The second kappa shape index (κ2) is 9.00. The zero-order valence-corrected chi connectivity index (χ0v) is 18.7. The summed E-state index contributed by atoms with van der Waals surface area (Å²) in [5.74, 6) is 0. The van der Waals surface area contributed by atoms with Crippen molar-refractivity contribution in [1.29, 1.82) is 0 Å². The van der Waals surface area contributed by atoms with Crippen molar-refractivity contribution >= 4 is 23.1 Å². The van der Waals surface area contributed by atoms with Crippen LogP contribution >= 0.6 is 0 Å². The molecule has 3 aromatic rings. The molecule has 0 fully saturated rings. The van der Waals surface area contributed by atoms with Gasteiger partial charge in [0.05, 0.1) is 17.4 Å². The molecular weight excluding hydrogens is 380 g/mol. The maximum absolute atomic E-state index is 3.58. The molecule has 0 aliphatic carbocycles. The van der Waals surface area contributed by atoms with E-state index in [0.29, 0.717) is 0 Å². The van der Waals surface area contributed by atoms with E-state index in [-0.39, 0.29) is 6.04 Å². The first-order valence-corrected chi connectivity index (χ1v) is 10.6. The summed E-state index contributed by atoms with van der Waals surface area (Å²) in [6, 6.07) is 27.9. The molecule has 4 nitrogen and oxygen atoms in total. The second-order valence-electron chi connectivity index (χ2n) is 8.19. The van der Waals surface area contributed by atoms with Crippen LogP contribution < -0.4 is 20.2 Å². The van der Waals surface area contributed by atoms with Crippen LogP contribution in [0.5, 0.6) is 0 Å². The van der Waals surface area contributed by atoms with Crippen molar-refractivity contribution in [1.82, 2.24) is 5.43 Å². The maximum atomic E-state index is 3.58. The third-order valence-corrected chi connectivity index (χ3v) is 5.52. The molecule has 0 spiro atoms. The van der Waals surface area contributed by atoms with Gasteiger partial charge in [-0.05, 0) is 59.7 Å². The minimum Gasteiger partial charge on any atom is -0.378 e. The van der Waals surface area contributed by atoms with Gasteiger partial charge in [-0.2, -0.15) is 0 Å². The molecule has 1 aliphatic heterocycles. The van der Waals surface area contributed by atoms with Gasteiger partial charge in [0.25, 0.3) is 0 Å². The molecule has 4 rings (SSSR count). The fraction of sp³-hybridized carbons (Fsp3) is 0.185. The van der Waals surface area contributed by atoms with Crippen LogP contribution in [0.2, 0.25) is 0 Å². The Balaban J connectivity index is 1.60. The van der Waals surface area contributed by atoms with Crippen molar-refractivity contribution in [2.45, 2.75) is 6.04 Å². The van der Waals surface area contributed by atoms with Gasteiger partial charge < -0.3 is 9.80 Å². The van der Waals surface area contributed by atoms with E-state index in [0.717, 1.165) is 11.4 Å². The highest BCUT2D eigenvalue weighted by Gasteiger charge is 2.25. The van der Waals surface area contributed by atoms with Crippen molar-refractivity contribution in [3.05, 3.63) is 108 Å². The smallest absolute Gasteiger partial charge is 0.0958 e. The number of benzene rings is 3. The SMILES string of the molecule is CN(C)c1ccc(/C=C/C2=C[C@H](c3ccc(N(C)C)cc3)N(c3ccccc3)N2)cc1. The molecule has 0 bridgehead atoms. The molecule has 31 heavy (non-hydrogen) atoms. The molecule has 1 N–H and O–H groups in total. The van der Waals surface area contributed by atoms with E-state index in [1.807, 2.05) is 6.07 Å². The van der Waals surface area contributed by atoms with Crippen LogP contribution in [-0.4, -0.2) is 28.2 Å². The van der Waals surface area contributed by atoms with E-state index >= 15 is 0 Å². The highest BCUT2D eigenvalue weighted by Crippen LogP contribution is 2.33. The molecule has 4 heteroatoms. The van der Waals surface area contributed by atoms with Gasteiger partial charge in [0, 0.05) is 39.6 Å². The largest absolute Gasteiger partial charge is 0.378 e. The highest BCUT2D eigenvalue weighted by atomic mass is 15.5. The Bertz CT molecular complexity index is 1050. The van der Waals surface area contributed by atoms with Crippen LogP contribution in [0.4, 0.5) is 17.1 Å². The van der Waals surface area contributed by atoms with Crippen LogP contribution in [-0.2, 0) is 0 Å². The number of nitrogens with zero attached hydrogens (tertiary/aromatic N) is 3. The van der Waals surface area contributed by atoms with Crippen molar-refractivity contribution in [2.24, 2.45) is 0 Å². The Labute approximate surface area is 185 Å². The number of nitrogens with one attached hydrogen (secondary N) is 1. The predicted molar refractivity (Wildman–Crippen MR) is 133 cm³/mol. The number of anilines is 3. The summed E-state index contributed by atoms with van der Waals surface area (Å²) >= 11 is 0. The number of allylic oxidation sites excluding steroid dienone is 1. The third kappa shape index (κ3) is 4.75. The van der Waals surface area contributed by atoms with Gasteiger partial charge in [-0.15, -0.1) is 0 Å². The molecule has 3 aromatic carbocycles. The first-order chi connectivity index (χ1) is 15.0. The minimum atomic E-state index is 0.120. The molecule has 1 aliphatic rings. The van der Waals surface area contributed by atoms with Gasteiger partial charge in [0.15, 0.2) is 0 Å². The second-order valence-corrected chi connectivity index (χ2v) is 8.19. The Morgan fingerprint density at radius 2 is 1.29 bits per heavy atom. The molecule has 0 unspecified atom stereocenters. The van der Waals surface area contributed by atoms with Gasteiger partial charge in [0.2, 0.25) is 0 Å². The zero-order chi connectivity index (χ0) is 21.8. The van der Waals surface area contributed by atoms with Crippen LogP contribution in [0.1, 0.15) is 17.2 Å². The number of hydrogen-bond donors (Lipinski definition) is 1. The number of hydrogen-bond acceptors (Lipinski definition) is 4. The van der Waals surface area contributed by atoms with E-state index < -0.39 is 0 Å². The summed E-state index contributed by atoms with van der Waals surface area (Å²) in [5, 5.41) is 2.22. The van der Waals surface area contributed by atoms with Crippen molar-refractivity contribution in [3.63, 3.8) is 0 Å². The first-order valence-electron chi connectivity index (χ1n) is 10.6. The Morgan fingerprint density at radius 1 is 0.710 bits per heavy atom. The van der Waals surface area contributed by atoms with Crippen LogP contribution in [0, 0.1) is 0 Å². The first kappa shape index (κ1) is 20.6. The Hall–Kier alpha value is -3.66. The molecule has 1 atom stereocenters. The molecule has 0 aromatic heterocycles. The molecule has 0 radical (unpaired) electrons. The van der Waals surface area contributed by atoms with E-state index in [2.05, 4.69) is 139 Å². The molecule has 0 saturated carbocycles. The summed E-state index contributed by atoms with van der Waals surface area (Å²) in [6.07, 6.45) is 6.58. The zero-order valence-electron chi connectivity index (χ0n) is 18.7. The number of para-hydroxylation sites is 1. The highest BCUT2D eigenvalue weighted by molar-refractivity contribution is 5.60. The van der Waals surface area contributed by atoms with Gasteiger partial charge in [-0.3, -0.25) is 10.4 Å². The lowest BCUT2D eigenvalue weighted by Crippen LogP contribution is -2.34. The molecule has 0 amide bonds. The Morgan fingerprint density at radius 3 is 1.87 bits per heavy atom. The van der Waals surface area contributed by atoms with Gasteiger partial charge in [-0.25, -0.2) is 0 Å². The monoisotopic (exact) mass is 410 g/mol. The van der Waals surface area contributed by atoms with E-state index in [1.165, 1.54) is 22.5 Å². The van der Waals surface area contributed by atoms with Gasteiger partial charge >= 0.3 is 0 Å². The number of hydrazine groups is 1. The summed E-state index contributed by atoms with van der Waals surface area (Å²) in [6.45, 7) is 0. The lowest BCUT2D eigenvalue weighted by atomic mass is 10.0. The quantitative estimate of drug-likeness (QED) is 0.581. The average molecular weight is 411 g/mol. The summed E-state index contributed by atoms with van der Waals surface area (Å²) in [5.41, 5.74) is 10.6. The normalized spacial score (nSPS) is 15.7. The van der Waals surface area contributed by atoms with Crippen molar-refractivity contribution < 1.29 is 0 Å². The third-order valence-electron chi connectivity index (χ3n) is 5.52. The molecule has 158 valence electrons. The summed E-state index contributed by atoms with van der Waals surface area (Å²) < 4.78 is 0. The topological polar surface area (TPSA) is 21.8 Å².